The van der Waals surface area contributed by atoms with E-state index in [4.69, 9.17) is 4.52 Å². The third-order valence-corrected chi connectivity index (χ3v) is 2.99. The quantitative estimate of drug-likeness (QED) is 0.800. The molecule has 0 amide bonds. The predicted molar refractivity (Wildman–Crippen MR) is 56.4 cm³/mol. The zero-order valence-electron chi connectivity index (χ0n) is 9.36. The van der Waals surface area contributed by atoms with Crippen molar-refractivity contribution in [3.05, 3.63) is 17.5 Å². The van der Waals surface area contributed by atoms with Gasteiger partial charge in [0.05, 0.1) is 17.8 Å². The van der Waals surface area contributed by atoms with Gasteiger partial charge < -0.3 is 9.63 Å². The number of rotatable bonds is 2. The lowest BCUT2D eigenvalue weighted by atomic mass is 9.94. The highest BCUT2D eigenvalue weighted by atomic mass is 16.5. The Labute approximate surface area is 89.9 Å². The average molecular weight is 210 g/mol. The molecule has 2 heterocycles. The number of aryl methyl sites for hydroxylation is 1. The summed E-state index contributed by atoms with van der Waals surface area (Å²) < 4.78 is 5.16. The smallest absolute Gasteiger partial charge is 0.150 e. The van der Waals surface area contributed by atoms with E-state index in [1.54, 1.807) is 0 Å². The van der Waals surface area contributed by atoms with Crippen LogP contribution in [0.15, 0.2) is 10.6 Å². The van der Waals surface area contributed by atoms with Crippen molar-refractivity contribution in [2.75, 3.05) is 13.1 Å². The Bertz CT molecular complexity index is 323. The zero-order chi connectivity index (χ0) is 10.9. The number of aliphatic hydroxyl groups is 1. The SMILES string of the molecule is Cc1cc(CN2CCC(C)(O)CC2)on1. The van der Waals surface area contributed by atoms with E-state index >= 15 is 0 Å². The van der Waals surface area contributed by atoms with Crippen molar-refractivity contribution < 1.29 is 9.63 Å². The standard InChI is InChI=1S/C11H18N2O2/c1-9-7-10(15-12-9)8-13-5-3-11(2,14)4-6-13/h7,14H,3-6,8H2,1-2H3. The first-order valence-corrected chi connectivity index (χ1v) is 5.42. The van der Waals surface area contributed by atoms with E-state index in [0.29, 0.717) is 0 Å². The number of hydrogen-bond acceptors (Lipinski definition) is 4. The van der Waals surface area contributed by atoms with Gasteiger partial charge in [-0.25, -0.2) is 0 Å². The first-order chi connectivity index (χ1) is 7.05. The lowest BCUT2D eigenvalue weighted by Gasteiger charge is -2.35. The number of nitrogens with zero attached hydrogens (tertiary/aromatic N) is 2. The molecular weight excluding hydrogens is 192 g/mol. The van der Waals surface area contributed by atoms with Gasteiger partial charge in [0.2, 0.25) is 0 Å². The minimum absolute atomic E-state index is 0.478. The summed E-state index contributed by atoms with van der Waals surface area (Å²) in [5.74, 6) is 0.911. The minimum atomic E-state index is -0.478. The van der Waals surface area contributed by atoms with Crippen molar-refractivity contribution in [1.82, 2.24) is 10.1 Å². The molecule has 4 heteroatoms. The van der Waals surface area contributed by atoms with Crippen LogP contribution in [0.4, 0.5) is 0 Å². The lowest BCUT2D eigenvalue weighted by Crippen LogP contribution is -2.41. The Balaban J connectivity index is 1.87. The summed E-state index contributed by atoms with van der Waals surface area (Å²) in [6.45, 7) is 6.48. The van der Waals surface area contributed by atoms with Crippen molar-refractivity contribution in [2.24, 2.45) is 0 Å². The van der Waals surface area contributed by atoms with Gasteiger partial charge in [0.15, 0.2) is 5.76 Å². The summed E-state index contributed by atoms with van der Waals surface area (Å²) in [6.07, 6.45) is 1.67. The second-order valence-electron chi connectivity index (χ2n) is 4.71. The van der Waals surface area contributed by atoms with Crippen LogP contribution in [0.25, 0.3) is 0 Å². The molecule has 0 atom stereocenters. The molecule has 15 heavy (non-hydrogen) atoms. The molecule has 0 spiro atoms. The highest BCUT2D eigenvalue weighted by Gasteiger charge is 2.27. The maximum absolute atomic E-state index is 9.80. The van der Waals surface area contributed by atoms with Crippen LogP contribution in [0, 0.1) is 6.92 Å². The first kappa shape index (κ1) is 10.6. The normalized spacial score (nSPS) is 21.8. The predicted octanol–water partition coefficient (Wildman–Crippen LogP) is 1.33. The summed E-state index contributed by atoms with van der Waals surface area (Å²) in [6, 6.07) is 1.97. The van der Waals surface area contributed by atoms with Crippen LogP contribution in [0.2, 0.25) is 0 Å². The van der Waals surface area contributed by atoms with E-state index in [9.17, 15) is 5.11 Å². The molecule has 0 radical (unpaired) electrons. The number of hydrogen-bond donors (Lipinski definition) is 1. The van der Waals surface area contributed by atoms with E-state index in [-0.39, 0.29) is 0 Å². The van der Waals surface area contributed by atoms with E-state index in [0.717, 1.165) is 43.9 Å². The molecule has 0 unspecified atom stereocenters. The fourth-order valence-corrected chi connectivity index (χ4v) is 1.90. The lowest BCUT2D eigenvalue weighted by molar-refractivity contribution is -0.00905. The van der Waals surface area contributed by atoms with Crippen LogP contribution >= 0.6 is 0 Å². The molecule has 1 aromatic heterocycles. The molecule has 1 aliphatic rings. The number of aromatic nitrogens is 1. The molecule has 2 rings (SSSR count). The first-order valence-electron chi connectivity index (χ1n) is 5.42. The molecule has 0 aliphatic carbocycles. The summed E-state index contributed by atoms with van der Waals surface area (Å²) in [5.41, 5.74) is 0.447. The van der Waals surface area contributed by atoms with Crippen molar-refractivity contribution in [3.8, 4) is 0 Å². The van der Waals surface area contributed by atoms with Gasteiger partial charge in [-0.05, 0) is 26.7 Å². The third kappa shape index (κ3) is 2.79. The van der Waals surface area contributed by atoms with Gasteiger partial charge in [-0.3, -0.25) is 4.90 Å². The summed E-state index contributed by atoms with van der Waals surface area (Å²) in [4.78, 5) is 2.29. The topological polar surface area (TPSA) is 49.5 Å². The molecule has 84 valence electrons. The van der Waals surface area contributed by atoms with Gasteiger partial charge in [-0.1, -0.05) is 5.16 Å². The zero-order valence-corrected chi connectivity index (χ0v) is 9.36. The fourth-order valence-electron chi connectivity index (χ4n) is 1.90. The maximum atomic E-state index is 9.80. The molecule has 0 saturated carbocycles. The van der Waals surface area contributed by atoms with Gasteiger partial charge in [-0.2, -0.15) is 0 Å². The maximum Gasteiger partial charge on any atom is 0.150 e. The summed E-state index contributed by atoms with van der Waals surface area (Å²) >= 11 is 0. The van der Waals surface area contributed by atoms with Gasteiger partial charge in [-0.15, -0.1) is 0 Å². The monoisotopic (exact) mass is 210 g/mol. The summed E-state index contributed by atoms with van der Waals surface area (Å²) in [7, 11) is 0. The van der Waals surface area contributed by atoms with Crippen LogP contribution in [-0.2, 0) is 6.54 Å². The molecule has 1 fully saturated rings. The Hall–Kier alpha value is -0.870. The van der Waals surface area contributed by atoms with E-state index in [2.05, 4.69) is 10.1 Å². The average Bonchev–Trinajstić information content (AvgIpc) is 2.55. The van der Waals surface area contributed by atoms with Gasteiger partial charge in [0.1, 0.15) is 0 Å². The van der Waals surface area contributed by atoms with E-state index in [1.807, 2.05) is 19.9 Å². The minimum Gasteiger partial charge on any atom is -0.390 e. The Morgan fingerprint density at radius 3 is 2.73 bits per heavy atom. The van der Waals surface area contributed by atoms with Crippen molar-refractivity contribution in [1.29, 1.82) is 0 Å². The van der Waals surface area contributed by atoms with Crippen LogP contribution in [0.3, 0.4) is 0 Å². The molecule has 1 saturated heterocycles. The highest BCUT2D eigenvalue weighted by Crippen LogP contribution is 2.22. The van der Waals surface area contributed by atoms with Crippen LogP contribution in [0.1, 0.15) is 31.2 Å². The molecule has 4 nitrogen and oxygen atoms in total. The third-order valence-electron chi connectivity index (χ3n) is 2.99. The van der Waals surface area contributed by atoms with Crippen LogP contribution in [0.5, 0.6) is 0 Å². The Morgan fingerprint density at radius 2 is 2.20 bits per heavy atom. The fraction of sp³-hybridized carbons (Fsp3) is 0.727. The largest absolute Gasteiger partial charge is 0.390 e. The van der Waals surface area contributed by atoms with Crippen molar-refractivity contribution in [3.63, 3.8) is 0 Å². The van der Waals surface area contributed by atoms with Crippen molar-refractivity contribution in [2.45, 2.75) is 38.8 Å². The van der Waals surface area contributed by atoms with E-state index in [1.165, 1.54) is 0 Å². The molecule has 0 bridgehead atoms. The van der Waals surface area contributed by atoms with Crippen LogP contribution in [-0.4, -0.2) is 33.9 Å². The Morgan fingerprint density at radius 1 is 1.53 bits per heavy atom. The highest BCUT2D eigenvalue weighted by molar-refractivity contribution is 5.03. The molecule has 1 N–H and O–H groups in total. The molecule has 1 aromatic rings. The van der Waals surface area contributed by atoms with Crippen molar-refractivity contribution >= 4 is 0 Å². The molecule has 0 aromatic carbocycles. The van der Waals surface area contributed by atoms with Crippen LogP contribution < -0.4 is 0 Å². The summed E-state index contributed by atoms with van der Waals surface area (Å²) in [5, 5.41) is 13.7. The molecule has 1 aliphatic heterocycles. The second kappa shape index (κ2) is 3.94. The van der Waals surface area contributed by atoms with E-state index < -0.39 is 5.60 Å². The van der Waals surface area contributed by atoms with Gasteiger partial charge in [0.25, 0.3) is 0 Å². The Kier molecular flexibility index (Phi) is 2.80. The number of likely N-dealkylation sites (tertiary alicyclic amines) is 1. The number of piperidine rings is 1. The molecular formula is C11H18N2O2. The van der Waals surface area contributed by atoms with Gasteiger partial charge >= 0.3 is 0 Å². The van der Waals surface area contributed by atoms with Gasteiger partial charge in [0, 0.05) is 19.2 Å². The second-order valence-corrected chi connectivity index (χ2v) is 4.71.